The van der Waals surface area contributed by atoms with E-state index in [2.05, 4.69) is 37.3 Å². The minimum Gasteiger partial charge on any atom is -0.454 e. The maximum absolute atomic E-state index is 13.2. The van der Waals surface area contributed by atoms with Gasteiger partial charge in [0, 0.05) is 16.3 Å². The minimum absolute atomic E-state index is 0.415. The highest BCUT2D eigenvalue weighted by Crippen LogP contribution is 2.37. The van der Waals surface area contributed by atoms with Crippen LogP contribution in [0.1, 0.15) is 5.56 Å². The van der Waals surface area contributed by atoms with E-state index in [0.717, 1.165) is 43.8 Å². The van der Waals surface area contributed by atoms with Crippen LogP contribution in [0.15, 0.2) is 111 Å². The highest BCUT2D eigenvalue weighted by atomic mass is 16.4. The first kappa shape index (κ1) is 19.7. The van der Waals surface area contributed by atoms with Crippen LogP contribution in [0.2, 0.25) is 0 Å². The zero-order valence-corrected chi connectivity index (χ0v) is 18.9. The van der Waals surface area contributed by atoms with E-state index in [1.54, 1.807) is 0 Å². The van der Waals surface area contributed by atoms with E-state index >= 15 is 0 Å². The van der Waals surface area contributed by atoms with Crippen LogP contribution < -0.4 is 5.63 Å². The molecule has 3 heterocycles. The lowest BCUT2D eigenvalue weighted by molar-refractivity contribution is 0.563. The lowest BCUT2D eigenvalue weighted by atomic mass is 10.00. The van der Waals surface area contributed by atoms with E-state index in [0.29, 0.717) is 22.4 Å². The van der Waals surface area contributed by atoms with Crippen molar-refractivity contribution in [1.82, 2.24) is 4.98 Å². The third kappa shape index (κ3) is 3.07. The Balaban J connectivity index is 1.58. The quantitative estimate of drug-likeness (QED) is 0.197. The van der Waals surface area contributed by atoms with E-state index < -0.39 is 5.63 Å². The van der Waals surface area contributed by atoms with Crippen LogP contribution in [0.25, 0.3) is 66.2 Å². The highest BCUT2D eigenvalue weighted by molar-refractivity contribution is 6.09. The number of hydrogen-bond acceptors (Lipinski definition) is 4. The molecule has 0 aliphatic heterocycles. The predicted molar refractivity (Wildman–Crippen MR) is 141 cm³/mol. The molecule has 166 valence electrons. The molecule has 0 radical (unpaired) electrons. The van der Waals surface area contributed by atoms with Crippen molar-refractivity contribution in [1.29, 1.82) is 0 Å². The van der Waals surface area contributed by atoms with Gasteiger partial charge in [-0.1, -0.05) is 72.3 Å². The number of para-hydroxylation sites is 1. The van der Waals surface area contributed by atoms with E-state index in [-0.39, 0.29) is 0 Å². The summed E-state index contributed by atoms with van der Waals surface area (Å²) in [5.74, 6) is 0. The molecule has 4 aromatic carbocycles. The molecule has 35 heavy (non-hydrogen) atoms. The Morgan fingerprint density at radius 1 is 0.657 bits per heavy atom. The summed E-state index contributed by atoms with van der Waals surface area (Å²) in [6, 6.07) is 31.8. The second-order valence-electron chi connectivity index (χ2n) is 8.84. The number of furan rings is 1. The number of fused-ring (bicyclic) bond motifs is 6. The number of aryl methyl sites for hydroxylation is 1. The Hall–Kier alpha value is -4.70. The van der Waals surface area contributed by atoms with E-state index in [9.17, 15) is 4.79 Å². The molecule has 0 bridgehead atoms. The summed E-state index contributed by atoms with van der Waals surface area (Å²) in [6.45, 7) is 2.06. The van der Waals surface area contributed by atoms with E-state index in [1.165, 1.54) is 5.56 Å². The molecule has 0 fully saturated rings. The number of nitrogens with zero attached hydrogens (tertiary/aromatic N) is 1. The van der Waals surface area contributed by atoms with Gasteiger partial charge in [-0.25, -0.2) is 9.78 Å². The van der Waals surface area contributed by atoms with Gasteiger partial charge in [0.15, 0.2) is 5.58 Å². The molecule has 0 saturated heterocycles. The van der Waals surface area contributed by atoms with Crippen molar-refractivity contribution in [2.24, 2.45) is 0 Å². The van der Waals surface area contributed by atoms with Crippen molar-refractivity contribution < 1.29 is 8.83 Å². The van der Waals surface area contributed by atoms with Crippen molar-refractivity contribution in [2.75, 3.05) is 0 Å². The van der Waals surface area contributed by atoms with Gasteiger partial charge >= 0.3 is 5.63 Å². The molecule has 7 rings (SSSR count). The van der Waals surface area contributed by atoms with Crippen LogP contribution in [0.5, 0.6) is 0 Å². The van der Waals surface area contributed by atoms with Gasteiger partial charge in [0.1, 0.15) is 16.7 Å². The Kier molecular flexibility index (Phi) is 4.18. The summed E-state index contributed by atoms with van der Waals surface area (Å²) in [5.41, 5.74) is 6.38. The second kappa shape index (κ2) is 7.40. The SMILES string of the molecule is Cc1ccc(-c2cc(-c3cc4c(ccc5ccccc54)oc3=O)nc3c2oc2ccccc23)cc1. The Morgan fingerprint density at radius 3 is 2.26 bits per heavy atom. The number of rotatable bonds is 2. The van der Waals surface area contributed by atoms with Crippen molar-refractivity contribution in [3.8, 4) is 22.4 Å². The Morgan fingerprint density at radius 2 is 1.40 bits per heavy atom. The van der Waals surface area contributed by atoms with Gasteiger partial charge in [0.05, 0.1) is 11.3 Å². The van der Waals surface area contributed by atoms with E-state index in [4.69, 9.17) is 13.8 Å². The van der Waals surface area contributed by atoms with Crippen LogP contribution in [0.3, 0.4) is 0 Å². The fraction of sp³-hybridized carbons (Fsp3) is 0.0323. The number of aromatic nitrogens is 1. The minimum atomic E-state index is -0.415. The Bertz CT molecular complexity index is 1980. The summed E-state index contributed by atoms with van der Waals surface area (Å²) >= 11 is 0. The lowest BCUT2D eigenvalue weighted by Gasteiger charge is -2.08. The highest BCUT2D eigenvalue weighted by Gasteiger charge is 2.19. The fourth-order valence-corrected chi connectivity index (χ4v) is 4.82. The molecular weight excluding hydrogens is 434 g/mol. The molecule has 0 amide bonds. The van der Waals surface area contributed by atoms with Gasteiger partial charge in [-0.2, -0.15) is 0 Å². The molecule has 0 unspecified atom stereocenters. The molecule has 0 N–H and O–H groups in total. The number of hydrogen-bond donors (Lipinski definition) is 0. The van der Waals surface area contributed by atoms with Gasteiger partial charge in [0.2, 0.25) is 0 Å². The van der Waals surface area contributed by atoms with E-state index in [1.807, 2.05) is 66.7 Å². The van der Waals surface area contributed by atoms with Crippen molar-refractivity contribution in [3.05, 3.63) is 113 Å². The monoisotopic (exact) mass is 453 g/mol. The van der Waals surface area contributed by atoms with Crippen LogP contribution >= 0.6 is 0 Å². The smallest absolute Gasteiger partial charge is 0.345 e. The van der Waals surface area contributed by atoms with Gasteiger partial charge in [0.25, 0.3) is 0 Å². The van der Waals surface area contributed by atoms with Gasteiger partial charge < -0.3 is 8.83 Å². The normalized spacial score (nSPS) is 11.7. The first-order valence-corrected chi connectivity index (χ1v) is 11.5. The topological polar surface area (TPSA) is 56.2 Å². The molecule has 0 spiro atoms. The molecular formula is C31H19NO3. The zero-order valence-electron chi connectivity index (χ0n) is 18.9. The molecule has 0 atom stereocenters. The van der Waals surface area contributed by atoms with Crippen LogP contribution in [0.4, 0.5) is 0 Å². The summed E-state index contributed by atoms with van der Waals surface area (Å²) in [4.78, 5) is 18.1. The Labute approximate surface area is 200 Å². The number of pyridine rings is 1. The summed E-state index contributed by atoms with van der Waals surface area (Å²) in [6.07, 6.45) is 0. The second-order valence-corrected chi connectivity index (χ2v) is 8.84. The molecule has 3 aromatic heterocycles. The maximum Gasteiger partial charge on any atom is 0.345 e. The summed E-state index contributed by atoms with van der Waals surface area (Å²) < 4.78 is 12.0. The summed E-state index contributed by atoms with van der Waals surface area (Å²) in [5, 5.41) is 3.91. The lowest BCUT2D eigenvalue weighted by Crippen LogP contribution is -2.04. The third-order valence-electron chi connectivity index (χ3n) is 6.61. The predicted octanol–water partition coefficient (Wildman–Crippen LogP) is 7.88. The molecule has 0 aliphatic carbocycles. The summed E-state index contributed by atoms with van der Waals surface area (Å²) in [7, 11) is 0. The molecule has 4 nitrogen and oxygen atoms in total. The van der Waals surface area contributed by atoms with Crippen LogP contribution in [-0.4, -0.2) is 4.98 Å². The van der Waals surface area contributed by atoms with Gasteiger partial charge in [-0.3, -0.25) is 0 Å². The molecule has 0 aliphatic rings. The van der Waals surface area contributed by atoms with Gasteiger partial charge in [-0.05, 0) is 53.6 Å². The van der Waals surface area contributed by atoms with Crippen molar-refractivity contribution in [3.63, 3.8) is 0 Å². The average molecular weight is 453 g/mol. The fourth-order valence-electron chi connectivity index (χ4n) is 4.82. The molecule has 7 aromatic rings. The molecule has 4 heteroatoms. The molecule has 0 saturated carbocycles. The van der Waals surface area contributed by atoms with Crippen molar-refractivity contribution in [2.45, 2.75) is 6.92 Å². The zero-order chi connectivity index (χ0) is 23.5. The standard InChI is InChI=1S/C31H19NO3/c1-18-10-12-20(13-11-18)23-17-26(32-29-22-8-4-5-9-27(22)34-30(23)29)25-16-24-21-7-3-2-6-19(21)14-15-28(24)35-31(25)33/h2-17H,1H3. The maximum atomic E-state index is 13.2. The largest absolute Gasteiger partial charge is 0.454 e. The number of benzene rings is 4. The first-order valence-electron chi connectivity index (χ1n) is 11.5. The van der Waals surface area contributed by atoms with Crippen molar-refractivity contribution >= 4 is 43.8 Å². The average Bonchev–Trinajstić information content (AvgIpc) is 3.27. The first-order chi connectivity index (χ1) is 17.2. The van der Waals surface area contributed by atoms with Gasteiger partial charge in [-0.15, -0.1) is 0 Å². The third-order valence-corrected chi connectivity index (χ3v) is 6.61. The van der Waals surface area contributed by atoms with Crippen LogP contribution in [-0.2, 0) is 0 Å². The van der Waals surface area contributed by atoms with Crippen LogP contribution in [0, 0.1) is 6.92 Å².